The minimum Gasteiger partial charge on any atom is -0.479 e. The van der Waals surface area contributed by atoms with Gasteiger partial charge in [-0.3, -0.25) is 0 Å². The molecule has 0 fully saturated rings. The number of aromatic nitrogens is 5. The van der Waals surface area contributed by atoms with Gasteiger partial charge in [0.25, 0.3) is 0 Å². The fourth-order valence-electron chi connectivity index (χ4n) is 3.16. The third-order valence-electron chi connectivity index (χ3n) is 4.44. The molecule has 4 heterocycles. The van der Waals surface area contributed by atoms with Crippen molar-refractivity contribution >= 4 is 11.5 Å². The molecule has 0 aromatic carbocycles. The molecule has 0 spiro atoms. The standard InChI is InChI=1S/C19H19N5O4/c1-5-27-19(25)15-10-24(21-18(15)26-4)13-6-7-23-16(8-13)14(9-20-23)17-11(2)22-28-12(17)3/h6-10H,5H2,1-4H3. The van der Waals surface area contributed by atoms with Gasteiger partial charge in [0.1, 0.15) is 11.3 Å². The highest BCUT2D eigenvalue weighted by Gasteiger charge is 2.20. The van der Waals surface area contributed by atoms with Gasteiger partial charge in [0, 0.05) is 18.0 Å². The number of pyridine rings is 1. The summed E-state index contributed by atoms with van der Waals surface area (Å²) in [5, 5.41) is 12.8. The highest BCUT2D eigenvalue weighted by Crippen LogP contribution is 2.31. The number of carbonyl (C=O) groups excluding carboxylic acids is 1. The van der Waals surface area contributed by atoms with Gasteiger partial charge >= 0.3 is 5.97 Å². The Kier molecular flexibility index (Phi) is 4.34. The number of aryl methyl sites for hydroxylation is 2. The molecule has 4 rings (SSSR count). The summed E-state index contributed by atoms with van der Waals surface area (Å²) in [4.78, 5) is 12.1. The van der Waals surface area contributed by atoms with Crippen molar-refractivity contribution in [2.24, 2.45) is 0 Å². The Hall–Kier alpha value is -3.62. The fraction of sp³-hybridized carbons (Fsp3) is 0.263. The van der Waals surface area contributed by atoms with E-state index in [2.05, 4.69) is 15.4 Å². The van der Waals surface area contributed by atoms with E-state index in [1.807, 2.05) is 32.2 Å². The molecule has 0 aliphatic rings. The average molecular weight is 381 g/mol. The number of rotatable bonds is 5. The van der Waals surface area contributed by atoms with Crippen molar-refractivity contribution in [2.45, 2.75) is 20.8 Å². The smallest absolute Gasteiger partial charge is 0.345 e. The molecule has 4 aromatic rings. The number of ether oxygens (including phenoxy) is 2. The Bertz CT molecular complexity index is 1150. The van der Waals surface area contributed by atoms with Crippen molar-refractivity contribution in [3.8, 4) is 22.7 Å². The van der Waals surface area contributed by atoms with Crippen LogP contribution in [0.4, 0.5) is 0 Å². The lowest BCUT2D eigenvalue weighted by Crippen LogP contribution is -2.05. The second-order valence-corrected chi connectivity index (χ2v) is 6.19. The lowest BCUT2D eigenvalue weighted by atomic mass is 10.1. The maximum Gasteiger partial charge on any atom is 0.345 e. The zero-order valence-electron chi connectivity index (χ0n) is 16.0. The molecule has 0 amide bonds. The Morgan fingerprint density at radius 3 is 2.82 bits per heavy atom. The van der Waals surface area contributed by atoms with Gasteiger partial charge in [-0.25, -0.2) is 14.0 Å². The predicted octanol–water partition coefficient (Wildman–Crippen LogP) is 2.98. The first-order valence-corrected chi connectivity index (χ1v) is 8.75. The van der Waals surface area contributed by atoms with Crippen LogP contribution in [0, 0.1) is 13.8 Å². The van der Waals surface area contributed by atoms with Crippen LogP contribution in [0.5, 0.6) is 5.88 Å². The summed E-state index contributed by atoms with van der Waals surface area (Å²) in [6, 6.07) is 3.77. The summed E-state index contributed by atoms with van der Waals surface area (Å²) in [5.41, 5.74) is 4.49. The molecule has 9 nitrogen and oxygen atoms in total. The number of nitrogens with zero attached hydrogens (tertiary/aromatic N) is 5. The number of methoxy groups -OCH3 is 1. The van der Waals surface area contributed by atoms with Crippen LogP contribution in [0.2, 0.25) is 0 Å². The third kappa shape index (κ3) is 2.81. The van der Waals surface area contributed by atoms with E-state index in [1.165, 1.54) is 7.11 Å². The molecule has 0 unspecified atom stereocenters. The van der Waals surface area contributed by atoms with E-state index in [0.717, 1.165) is 33.8 Å². The zero-order valence-corrected chi connectivity index (χ0v) is 16.0. The van der Waals surface area contributed by atoms with Crippen molar-refractivity contribution in [1.82, 2.24) is 24.6 Å². The van der Waals surface area contributed by atoms with Crippen molar-refractivity contribution in [1.29, 1.82) is 0 Å². The van der Waals surface area contributed by atoms with Crippen LogP contribution in [0.1, 0.15) is 28.7 Å². The lowest BCUT2D eigenvalue weighted by Gasteiger charge is -2.04. The van der Waals surface area contributed by atoms with Gasteiger partial charge in [-0.1, -0.05) is 5.16 Å². The zero-order chi connectivity index (χ0) is 19.8. The van der Waals surface area contributed by atoms with Gasteiger partial charge in [0.2, 0.25) is 5.88 Å². The van der Waals surface area contributed by atoms with Crippen molar-refractivity contribution in [3.63, 3.8) is 0 Å². The van der Waals surface area contributed by atoms with Crippen LogP contribution in [0.3, 0.4) is 0 Å². The molecule has 0 bridgehead atoms. The topological polar surface area (TPSA) is 96.7 Å². The van der Waals surface area contributed by atoms with Crippen LogP contribution >= 0.6 is 0 Å². The molecule has 0 aliphatic carbocycles. The van der Waals surface area contributed by atoms with Gasteiger partial charge in [0.05, 0.1) is 42.4 Å². The largest absolute Gasteiger partial charge is 0.479 e. The highest BCUT2D eigenvalue weighted by molar-refractivity contribution is 5.92. The number of hydrogen-bond donors (Lipinski definition) is 0. The Balaban J connectivity index is 1.83. The molecular weight excluding hydrogens is 362 g/mol. The van der Waals surface area contributed by atoms with Crippen molar-refractivity contribution < 1.29 is 18.8 Å². The summed E-state index contributed by atoms with van der Waals surface area (Å²) in [7, 11) is 1.46. The first kappa shape index (κ1) is 17.8. The molecular formula is C19H19N5O4. The predicted molar refractivity (Wildman–Crippen MR) is 99.8 cm³/mol. The third-order valence-corrected chi connectivity index (χ3v) is 4.44. The second kappa shape index (κ2) is 6.84. The molecule has 0 N–H and O–H groups in total. The van der Waals surface area contributed by atoms with Crippen molar-refractivity contribution in [3.05, 3.63) is 47.7 Å². The van der Waals surface area contributed by atoms with E-state index in [0.29, 0.717) is 0 Å². The minimum absolute atomic E-state index is 0.206. The van der Waals surface area contributed by atoms with Crippen LogP contribution in [-0.4, -0.2) is 44.2 Å². The molecule has 0 saturated heterocycles. The molecule has 0 aliphatic heterocycles. The first-order chi connectivity index (χ1) is 13.5. The number of hydrogen-bond acceptors (Lipinski definition) is 7. The van der Waals surface area contributed by atoms with E-state index >= 15 is 0 Å². The number of esters is 1. The van der Waals surface area contributed by atoms with E-state index < -0.39 is 5.97 Å². The van der Waals surface area contributed by atoms with Crippen molar-refractivity contribution in [2.75, 3.05) is 13.7 Å². The molecule has 9 heteroatoms. The SMILES string of the molecule is CCOC(=O)c1cn(-c2ccn3ncc(-c4c(C)noc4C)c3c2)nc1OC. The molecule has 144 valence electrons. The quantitative estimate of drug-likeness (QED) is 0.490. The van der Waals surface area contributed by atoms with Gasteiger partial charge < -0.3 is 14.0 Å². The first-order valence-electron chi connectivity index (χ1n) is 8.75. The molecule has 0 saturated carbocycles. The number of carbonyl (C=O) groups is 1. The molecule has 0 atom stereocenters. The highest BCUT2D eigenvalue weighted by atomic mass is 16.5. The second-order valence-electron chi connectivity index (χ2n) is 6.19. The van der Waals surface area contributed by atoms with E-state index in [-0.39, 0.29) is 18.1 Å². The van der Waals surface area contributed by atoms with E-state index in [9.17, 15) is 4.79 Å². The summed E-state index contributed by atoms with van der Waals surface area (Å²) in [6.07, 6.45) is 5.19. The van der Waals surface area contributed by atoms with Gasteiger partial charge in [-0.05, 0) is 32.9 Å². The summed E-state index contributed by atoms with van der Waals surface area (Å²) >= 11 is 0. The fourth-order valence-corrected chi connectivity index (χ4v) is 3.16. The monoisotopic (exact) mass is 381 g/mol. The Labute approximate surface area is 160 Å². The molecule has 4 aromatic heterocycles. The summed E-state index contributed by atoms with van der Waals surface area (Å²) < 4.78 is 18.9. The normalized spacial score (nSPS) is 11.1. The van der Waals surface area contributed by atoms with E-state index in [1.54, 1.807) is 28.5 Å². The Morgan fingerprint density at radius 1 is 1.32 bits per heavy atom. The van der Waals surface area contributed by atoms with E-state index in [4.69, 9.17) is 14.0 Å². The minimum atomic E-state index is -0.479. The summed E-state index contributed by atoms with van der Waals surface area (Å²) in [6.45, 7) is 5.78. The Morgan fingerprint density at radius 2 is 2.14 bits per heavy atom. The van der Waals surface area contributed by atoms with Gasteiger partial charge in [0.15, 0.2) is 0 Å². The molecule has 0 radical (unpaired) electrons. The van der Waals surface area contributed by atoms with Crippen LogP contribution in [-0.2, 0) is 4.74 Å². The summed E-state index contributed by atoms with van der Waals surface area (Å²) in [5.74, 6) is 0.452. The van der Waals surface area contributed by atoms with Crippen LogP contribution in [0.15, 0.2) is 35.2 Å². The lowest BCUT2D eigenvalue weighted by molar-refractivity contribution is 0.0522. The molecule has 28 heavy (non-hydrogen) atoms. The van der Waals surface area contributed by atoms with Gasteiger partial charge in [-0.15, -0.1) is 5.10 Å². The van der Waals surface area contributed by atoms with Crippen LogP contribution < -0.4 is 4.74 Å². The average Bonchev–Trinajstić information content (AvgIpc) is 3.38. The van der Waals surface area contributed by atoms with Crippen LogP contribution in [0.25, 0.3) is 22.3 Å². The maximum absolute atomic E-state index is 12.1. The number of fused-ring (bicyclic) bond motifs is 1. The maximum atomic E-state index is 12.1. The van der Waals surface area contributed by atoms with Gasteiger partial charge in [-0.2, -0.15) is 5.10 Å².